The molecule has 0 radical (unpaired) electrons. The maximum Gasteiger partial charge on any atom is 1.00 e. The Kier molecular flexibility index (Phi) is 23.6. The smallest absolute Gasteiger partial charge is 0.653 e. The Morgan fingerprint density at radius 3 is 2.29 bits per heavy atom. The van der Waals surface area contributed by atoms with E-state index >= 15 is 0 Å². The zero-order valence-electron chi connectivity index (χ0n) is 19.6. The minimum absolute atomic E-state index is 0. The minimum atomic E-state index is -0.323. The van der Waals surface area contributed by atoms with Gasteiger partial charge < -0.3 is 30.3 Å². The van der Waals surface area contributed by atoms with Crippen LogP contribution in [0.2, 0.25) is 0 Å². The average molecular weight is 572 g/mol. The quantitative estimate of drug-likeness (QED) is 0.195. The van der Waals surface area contributed by atoms with Gasteiger partial charge in [0.15, 0.2) is 5.78 Å². The number of rotatable bonds is 14. The number of amides is 2. The summed E-state index contributed by atoms with van der Waals surface area (Å²) in [6, 6.07) is 7.47. The van der Waals surface area contributed by atoms with Crippen LogP contribution in [-0.4, -0.2) is 44.4 Å². The number of nitrogens with zero attached hydrogens (tertiary/aromatic N) is 2. The van der Waals surface area contributed by atoms with Gasteiger partial charge >= 0.3 is 116 Å². The van der Waals surface area contributed by atoms with Crippen molar-refractivity contribution < 1.29 is 135 Å². The summed E-state index contributed by atoms with van der Waals surface area (Å²) in [5.74, 6) is -0.376. The molecule has 1 N–H and O–H groups in total. The van der Waals surface area contributed by atoms with Crippen molar-refractivity contribution in [2.45, 2.75) is 46.1 Å². The fourth-order valence-electron chi connectivity index (χ4n) is 2.38. The summed E-state index contributed by atoms with van der Waals surface area (Å²) in [4.78, 5) is 34.9. The van der Waals surface area contributed by atoms with Crippen LogP contribution in [-0.2, 0) is 32.1 Å². The molecule has 1 aromatic carbocycles. The summed E-state index contributed by atoms with van der Waals surface area (Å²) in [5, 5.41) is 10.8. The number of hydrogen-bond acceptors (Lipinski definition) is 5. The van der Waals surface area contributed by atoms with Crippen LogP contribution in [0.25, 0.3) is 10.6 Å². The Morgan fingerprint density at radius 1 is 1.03 bits per heavy atom. The summed E-state index contributed by atoms with van der Waals surface area (Å²) in [5.41, 5.74) is 2.63. The van der Waals surface area contributed by atoms with Crippen LogP contribution in [0.3, 0.4) is 0 Å². The number of carbonyl (C=O) groups is 3. The van der Waals surface area contributed by atoms with E-state index in [9.17, 15) is 14.4 Å². The third-order valence-electron chi connectivity index (χ3n) is 4.04. The van der Waals surface area contributed by atoms with Crippen molar-refractivity contribution in [2.24, 2.45) is 0 Å². The first-order valence-corrected chi connectivity index (χ1v) is 9.89. The molecule has 1 rings (SSSR count). The van der Waals surface area contributed by atoms with Crippen molar-refractivity contribution >= 4 is 17.6 Å². The number of hydrogen-bond donors (Lipinski definition) is 1. The average Bonchev–Trinajstić information content (AvgIpc) is 2.70. The first kappa shape index (κ1) is 34.1. The van der Waals surface area contributed by atoms with E-state index in [4.69, 9.17) is 4.74 Å². The Morgan fingerprint density at radius 2 is 1.68 bits per heavy atom. The number of nitrogens with one attached hydrogen (secondary N) is 1. The molecule has 0 fully saturated rings. The standard InChI is InChI=1S/C22H33N3O4.2Rb/c1-4-6-21(27)24-11-5-12-29-16-22(28)25-15-19-9-7-18(8-10-19)14-20(26)13-17(2)23-3;;/h7-10,13H,4-6,11-12,14-16H2,1-3H3,(H3,23,24,25,26,27,28);;/q;2*+1/p-2. The number of ketones is 1. The molecule has 9 heteroatoms. The summed E-state index contributed by atoms with van der Waals surface area (Å²) < 4.78 is 5.27. The molecule has 0 bridgehead atoms. The van der Waals surface area contributed by atoms with Crippen LogP contribution in [0.4, 0.5) is 0 Å². The van der Waals surface area contributed by atoms with Crippen LogP contribution in [0.1, 0.15) is 44.2 Å². The van der Waals surface area contributed by atoms with Gasteiger partial charge in [-0.05, 0) is 25.3 Å². The summed E-state index contributed by atoms with van der Waals surface area (Å²) in [7, 11) is 1.77. The second-order valence-electron chi connectivity index (χ2n) is 6.68. The van der Waals surface area contributed by atoms with E-state index in [1.807, 2.05) is 38.1 Å². The van der Waals surface area contributed by atoms with E-state index in [1.165, 1.54) is 0 Å². The number of ether oxygens (including phenoxy) is 1. The molecule has 0 saturated carbocycles. The van der Waals surface area contributed by atoms with Gasteiger partial charge in [0.1, 0.15) is 0 Å². The third-order valence-corrected chi connectivity index (χ3v) is 4.04. The van der Waals surface area contributed by atoms with Gasteiger partial charge in [-0.15, -0.1) is 13.1 Å². The zero-order chi connectivity index (χ0) is 21.5. The molecule has 7 nitrogen and oxygen atoms in total. The van der Waals surface area contributed by atoms with E-state index in [0.717, 1.165) is 23.2 Å². The van der Waals surface area contributed by atoms with Gasteiger partial charge in [0.2, 0.25) is 0 Å². The van der Waals surface area contributed by atoms with Gasteiger partial charge in [-0.3, -0.25) is 4.79 Å². The molecule has 0 aliphatic rings. The normalized spacial score (nSPS) is 10.4. The van der Waals surface area contributed by atoms with Gasteiger partial charge in [-0.2, -0.15) is 0 Å². The van der Waals surface area contributed by atoms with Crippen molar-refractivity contribution in [1.82, 2.24) is 5.32 Å². The SMILES string of the molecule is CCCC(=O)[N-]CCCOCC(=O)[N-]Cc1ccc(CC(=O)/C=C(/C)NC)cc1.[Rb+].[Rb+]. The van der Waals surface area contributed by atoms with Gasteiger partial charge in [0.25, 0.3) is 0 Å². The van der Waals surface area contributed by atoms with Gasteiger partial charge in [-0.1, -0.05) is 43.2 Å². The Balaban J connectivity index is 0. The largest absolute Gasteiger partial charge is 1.00 e. The topological polar surface area (TPSA) is 101 Å². The number of carbonyl (C=O) groups excluding carboxylic acids is 3. The second kappa shape index (κ2) is 21.5. The number of benzene rings is 1. The molecule has 0 unspecified atom stereocenters. The van der Waals surface area contributed by atoms with Crippen LogP contribution in [0, 0.1) is 0 Å². The second-order valence-corrected chi connectivity index (χ2v) is 6.68. The predicted octanol–water partition coefficient (Wildman–Crippen LogP) is -2.56. The van der Waals surface area contributed by atoms with Gasteiger partial charge in [0, 0.05) is 31.8 Å². The Bertz CT molecular complexity index is 695. The van der Waals surface area contributed by atoms with Gasteiger partial charge in [0.05, 0.1) is 18.4 Å². The van der Waals surface area contributed by atoms with Crippen LogP contribution in [0.15, 0.2) is 36.0 Å². The molecule has 2 amide bonds. The fraction of sp³-hybridized carbons (Fsp3) is 0.500. The van der Waals surface area contributed by atoms with Crippen molar-refractivity contribution in [3.63, 3.8) is 0 Å². The monoisotopic (exact) mass is 571 g/mol. The van der Waals surface area contributed by atoms with Crippen molar-refractivity contribution in [2.75, 3.05) is 26.8 Å². The molecule has 0 atom stereocenters. The van der Waals surface area contributed by atoms with Crippen molar-refractivity contribution in [3.8, 4) is 0 Å². The molecule has 31 heavy (non-hydrogen) atoms. The fourth-order valence-corrected chi connectivity index (χ4v) is 2.38. The van der Waals surface area contributed by atoms with Crippen molar-refractivity contribution in [1.29, 1.82) is 0 Å². The van der Waals surface area contributed by atoms with Gasteiger partial charge in [-0.25, -0.2) is 0 Å². The van der Waals surface area contributed by atoms with E-state index in [2.05, 4.69) is 16.0 Å². The Labute approximate surface area is 283 Å². The molecule has 0 saturated heterocycles. The summed E-state index contributed by atoms with van der Waals surface area (Å²) >= 11 is 0. The molecule has 0 spiro atoms. The van der Waals surface area contributed by atoms with Crippen molar-refractivity contribution in [3.05, 3.63) is 57.8 Å². The first-order valence-electron chi connectivity index (χ1n) is 9.89. The van der Waals surface area contributed by atoms with Crippen LogP contribution >= 0.6 is 0 Å². The molecule has 0 aliphatic heterocycles. The third kappa shape index (κ3) is 18.0. The van der Waals surface area contributed by atoms with E-state index in [0.29, 0.717) is 32.4 Å². The first-order chi connectivity index (χ1) is 13.9. The van der Waals surface area contributed by atoms with E-state index in [1.54, 1.807) is 13.1 Å². The molecular formula is C22H31N3O4Rb2. The predicted molar refractivity (Wildman–Crippen MR) is 114 cm³/mol. The molecule has 0 aliphatic carbocycles. The maximum atomic E-state index is 11.9. The van der Waals surface area contributed by atoms with E-state index in [-0.39, 0.29) is 147 Å². The summed E-state index contributed by atoms with van der Waals surface area (Å²) in [6.07, 6.45) is 3.79. The molecular weight excluding hydrogens is 541 g/mol. The molecule has 0 aromatic heterocycles. The molecule has 160 valence electrons. The number of allylic oxidation sites excluding steroid dienone is 2. The molecule has 1 aromatic rings. The van der Waals surface area contributed by atoms with Crippen LogP contribution < -0.4 is 122 Å². The molecule has 0 heterocycles. The Hall–Kier alpha value is 0.940. The minimum Gasteiger partial charge on any atom is -0.653 e. The van der Waals surface area contributed by atoms with E-state index < -0.39 is 0 Å². The maximum absolute atomic E-state index is 11.9. The summed E-state index contributed by atoms with van der Waals surface area (Å²) in [6.45, 7) is 4.76. The van der Waals surface area contributed by atoms with Crippen LogP contribution in [0.5, 0.6) is 0 Å². The zero-order valence-corrected chi connectivity index (χ0v) is 29.4.